The van der Waals surface area contributed by atoms with Crippen molar-refractivity contribution < 1.29 is 9.18 Å². The number of carbonyl (C=O) groups is 1. The SMILES string of the molecule is CN(CC(=O)Nc1ccc(F)cc1)CC(C)(C)CN.Cl. The molecule has 1 aromatic rings. The van der Waals surface area contributed by atoms with Crippen molar-refractivity contribution in [3.63, 3.8) is 0 Å². The number of nitrogens with one attached hydrogen (secondary N) is 1. The summed E-state index contributed by atoms with van der Waals surface area (Å²) in [5, 5.41) is 2.73. The molecule has 0 fully saturated rings. The van der Waals surface area contributed by atoms with E-state index in [0.717, 1.165) is 6.54 Å². The maximum absolute atomic E-state index is 12.7. The number of hydrogen-bond donors (Lipinski definition) is 2. The number of nitrogens with zero attached hydrogens (tertiary/aromatic N) is 1. The topological polar surface area (TPSA) is 58.4 Å². The van der Waals surface area contributed by atoms with Gasteiger partial charge in [-0.1, -0.05) is 13.8 Å². The highest BCUT2D eigenvalue weighted by molar-refractivity contribution is 5.92. The molecule has 0 aromatic heterocycles. The van der Waals surface area contributed by atoms with Crippen LogP contribution in [0.25, 0.3) is 0 Å². The Bertz CT molecular complexity index is 423. The van der Waals surface area contributed by atoms with E-state index in [2.05, 4.69) is 19.2 Å². The zero-order valence-corrected chi connectivity index (χ0v) is 13.0. The maximum Gasteiger partial charge on any atom is 0.238 e. The van der Waals surface area contributed by atoms with Gasteiger partial charge in [0.15, 0.2) is 0 Å². The lowest BCUT2D eigenvalue weighted by Gasteiger charge is -2.28. The molecule has 0 aliphatic carbocycles. The number of amides is 1. The second-order valence-corrected chi connectivity index (χ2v) is 5.60. The van der Waals surface area contributed by atoms with Crippen molar-refractivity contribution in [3.05, 3.63) is 30.1 Å². The summed E-state index contributed by atoms with van der Waals surface area (Å²) >= 11 is 0. The lowest BCUT2D eigenvalue weighted by molar-refractivity contribution is -0.117. The fourth-order valence-electron chi connectivity index (χ4n) is 1.83. The predicted molar refractivity (Wildman–Crippen MR) is 82.6 cm³/mol. The summed E-state index contributed by atoms with van der Waals surface area (Å²) < 4.78 is 12.7. The normalized spacial score (nSPS) is 11.1. The molecule has 0 spiro atoms. The van der Waals surface area contributed by atoms with E-state index in [1.807, 2.05) is 11.9 Å². The van der Waals surface area contributed by atoms with Gasteiger partial charge in [-0.3, -0.25) is 9.69 Å². The van der Waals surface area contributed by atoms with Crippen LogP contribution in [-0.4, -0.2) is 37.5 Å². The van der Waals surface area contributed by atoms with E-state index >= 15 is 0 Å². The van der Waals surface area contributed by atoms with Gasteiger partial charge in [0.05, 0.1) is 6.54 Å². The third-order valence-corrected chi connectivity index (χ3v) is 2.79. The number of anilines is 1. The third-order valence-electron chi connectivity index (χ3n) is 2.79. The van der Waals surface area contributed by atoms with Gasteiger partial charge in [0.1, 0.15) is 5.82 Å². The molecule has 0 saturated carbocycles. The fraction of sp³-hybridized carbons (Fsp3) is 0.500. The standard InChI is InChI=1S/C14H22FN3O.ClH/c1-14(2,9-16)10-18(3)8-13(19)17-12-6-4-11(15)5-7-12;/h4-7H,8-10,16H2,1-3H3,(H,17,19);1H. The quantitative estimate of drug-likeness (QED) is 0.846. The number of rotatable bonds is 6. The van der Waals surface area contributed by atoms with Crippen LogP contribution in [0.4, 0.5) is 10.1 Å². The van der Waals surface area contributed by atoms with Crippen LogP contribution in [0, 0.1) is 11.2 Å². The molecule has 4 nitrogen and oxygen atoms in total. The molecule has 0 aliphatic heterocycles. The van der Waals surface area contributed by atoms with Gasteiger partial charge in [0.2, 0.25) is 5.91 Å². The van der Waals surface area contributed by atoms with E-state index in [1.54, 1.807) is 0 Å². The van der Waals surface area contributed by atoms with Gasteiger partial charge < -0.3 is 11.1 Å². The average molecular weight is 304 g/mol. The molecule has 0 atom stereocenters. The van der Waals surface area contributed by atoms with E-state index < -0.39 is 0 Å². The first-order valence-corrected chi connectivity index (χ1v) is 6.26. The summed E-state index contributed by atoms with van der Waals surface area (Å²) in [4.78, 5) is 13.7. The molecule has 1 amide bonds. The molecule has 114 valence electrons. The Morgan fingerprint density at radius 1 is 1.35 bits per heavy atom. The first kappa shape index (κ1) is 18.8. The van der Waals surface area contributed by atoms with Gasteiger partial charge in [-0.15, -0.1) is 12.4 Å². The Morgan fingerprint density at radius 2 is 1.90 bits per heavy atom. The van der Waals surface area contributed by atoms with Crippen molar-refractivity contribution in [1.82, 2.24) is 4.90 Å². The Kier molecular flexibility index (Phi) is 7.71. The number of likely N-dealkylation sites (N-methyl/N-ethyl adjacent to an activating group) is 1. The van der Waals surface area contributed by atoms with Crippen molar-refractivity contribution in [2.24, 2.45) is 11.1 Å². The van der Waals surface area contributed by atoms with Crippen molar-refractivity contribution in [2.75, 3.05) is 32.0 Å². The first-order valence-electron chi connectivity index (χ1n) is 6.26. The lowest BCUT2D eigenvalue weighted by atomic mass is 9.93. The Labute approximate surface area is 125 Å². The van der Waals surface area contributed by atoms with E-state index in [0.29, 0.717) is 12.2 Å². The van der Waals surface area contributed by atoms with Gasteiger partial charge in [-0.05, 0) is 43.3 Å². The Morgan fingerprint density at radius 3 is 2.40 bits per heavy atom. The zero-order chi connectivity index (χ0) is 14.5. The lowest BCUT2D eigenvalue weighted by Crippen LogP contribution is -2.40. The summed E-state index contributed by atoms with van der Waals surface area (Å²) in [5.41, 5.74) is 6.23. The highest BCUT2D eigenvalue weighted by atomic mass is 35.5. The molecule has 1 aromatic carbocycles. The number of hydrogen-bond acceptors (Lipinski definition) is 3. The molecule has 20 heavy (non-hydrogen) atoms. The van der Waals surface area contributed by atoms with Crippen LogP contribution in [0.1, 0.15) is 13.8 Å². The predicted octanol–water partition coefficient (Wildman–Crippen LogP) is 2.10. The fourth-order valence-corrected chi connectivity index (χ4v) is 1.83. The number of halogens is 2. The minimum absolute atomic E-state index is 0. The van der Waals surface area contributed by atoms with Crippen molar-refractivity contribution in [2.45, 2.75) is 13.8 Å². The van der Waals surface area contributed by atoms with Crippen LogP contribution in [0.15, 0.2) is 24.3 Å². The molecule has 0 aliphatic rings. The van der Waals surface area contributed by atoms with Crippen LogP contribution in [0.2, 0.25) is 0 Å². The zero-order valence-electron chi connectivity index (χ0n) is 12.1. The van der Waals surface area contributed by atoms with Gasteiger partial charge in [-0.25, -0.2) is 4.39 Å². The maximum atomic E-state index is 12.7. The molecular formula is C14H23ClFN3O. The molecule has 6 heteroatoms. The molecule has 0 heterocycles. The van der Waals surface area contributed by atoms with Crippen LogP contribution in [-0.2, 0) is 4.79 Å². The minimum atomic E-state index is -0.320. The van der Waals surface area contributed by atoms with E-state index in [-0.39, 0.29) is 36.1 Å². The smallest absolute Gasteiger partial charge is 0.238 e. The minimum Gasteiger partial charge on any atom is -0.330 e. The van der Waals surface area contributed by atoms with Gasteiger partial charge in [0, 0.05) is 12.2 Å². The average Bonchev–Trinajstić information content (AvgIpc) is 2.31. The molecule has 0 radical (unpaired) electrons. The highest BCUT2D eigenvalue weighted by Crippen LogP contribution is 2.14. The molecule has 1 rings (SSSR count). The first-order chi connectivity index (χ1) is 8.82. The second kappa shape index (κ2) is 8.19. The van der Waals surface area contributed by atoms with Crippen LogP contribution in [0.5, 0.6) is 0 Å². The van der Waals surface area contributed by atoms with Crippen molar-refractivity contribution in [1.29, 1.82) is 0 Å². The van der Waals surface area contributed by atoms with E-state index in [1.165, 1.54) is 24.3 Å². The second-order valence-electron chi connectivity index (χ2n) is 5.60. The van der Waals surface area contributed by atoms with Crippen molar-refractivity contribution >= 4 is 24.0 Å². The van der Waals surface area contributed by atoms with Gasteiger partial charge in [-0.2, -0.15) is 0 Å². The summed E-state index contributed by atoms with van der Waals surface area (Å²) in [5.74, 6) is -0.443. The molecule has 3 N–H and O–H groups in total. The Hall–Kier alpha value is -1.17. The number of carbonyl (C=O) groups excluding carboxylic acids is 1. The summed E-state index contributed by atoms with van der Waals surface area (Å²) in [7, 11) is 1.88. The highest BCUT2D eigenvalue weighted by Gasteiger charge is 2.19. The molecule has 0 saturated heterocycles. The third kappa shape index (κ3) is 6.84. The number of benzene rings is 1. The van der Waals surface area contributed by atoms with E-state index in [4.69, 9.17) is 5.73 Å². The number of nitrogens with two attached hydrogens (primary N) is 1. The monoisotopic (exact) mass is 303 g/mol. The summed E-state index contributed by atoms with van der Waals surface area (Å²) in [6.07, 6.45) is 0. The van der Waals surface area contributed by atoms with Crippen molar-refractivity contribution in [3.8, 4) is 0 Å². The van der Waals surface area contributed by atoms with Crippen LogP contribution >= 0.6 is 12.4 Å². The Balaban J connectivity index is 0.00000361. The largest absolute Gasteiger partial charge is 0.330 e. The van der Waals surface area contributed by atoms with Crippen LogP contribution in [0.3, 0.4) is 0 Å². The molecule has 0 bridgehead atoms. The molecule has 0 unspecified atom stereocenters. The molecular weight excluding hydrogens is 281 g/mol. The van der Waals surface area contributed by atoms with E-state index in [9.17, 15) is 9.18 Å². The summed E-state index contributed by atoms with van der Waals surface area (Å²) in [6, 6.07) is 5.71. The van der Waals surface area contributed by atoms with Gasteiger partial charge in [0.25, 0.3) is 0 Å². The van der Waals surface area contributed by atoms with Gasteiger partial charge >= 0.3 is 0 Å². The van der Waals surface area contributed by atoms with Crippen LogP contribution < -0.4 is 11.1 Å². The summed E-state index contributed by atoms with van der Waals surface area (Å²) in [6.45, 7) is 5.70.